The number of hydrogen-bond acceptors (Lipinski definition) is 4. The van der Waals surface area contributed by atoms with E-state index in [9.17, 15) is 0 Å². The molecule has 86 valence electrons. The Kier molecular flexibility index (Phi) is 2.07. The molecule has 3 aromatic heterocycles. The topological polar surface area (TPSA) is 57.2 Å². The van der Waals surface area contributed by atoms with E-state index < -0.39 is 0 Å². The predicted octanol–water partition coefficient (Wildman–Crippen LogP) is 1.14. The number of methoxy groups -OCH3 is 1. The smallest absolute Gasteiger partial charge is 0.157 e. The Bertz CT molecular complexity index is 669. The second kappa shape index (κ2) is 3.58. The van der Waals surface area contributed by atoms with Crippen LogP contribution in [0.15, 0.2) is 30.9 Å². The van der Waals surface area contributed by atoms with Crippen LogP contribution in [0.5, 0.6) is 5.75 Å². The van der Waals surface area contributed by atoms with Crippen LogP contribution in [0.2, 0.25) is 0 Å². The van der Waals surface area contributed by atoms with Crippen molar-refractivity contribution in [1.29, 1.82) is 0 Å². The molecule has 0 spiro atoms. The first-order valence-corrected chi connectivity index (χ1v) is 5.15. The van der Waals surface area contributed by atoms with Crippen LogP contribution in [0.3, 0.4) is 0 Å². The van der Waals surface area contributed by atoms with Crippen LogP contribution in [0.4, 0.5) is 0 Å². The van der Waals surface area contributed by atoms with E-state index >= 15 is 0 Å². The van der Waals surface area contributed by atoms with Gasteiger partial charge in [-0.3, -0.25) is 4.68 Å². The van der Waals surface area contributed by atoms with Crippen LogP contribution >= 0.6 is 0 Å². The molecule has 0 radical (unpaired) electrons. The molecule has 3 rings (SSSR count). The van der Waals surface area contributed by atoms with Gasteiger partial charge in [-0.25, -0.2) is 9.50 Å². The molecule has 3 heterocycles. The second-order valence-electron chi connectivity index (χ2n) is 3.69. The minimum Gasteiger partial charge on any atom is -0.494 e. The monoisotopic (exact) mass is 229 g/mol. The highest BCUT2D eigenvalue weighted by Crippen LogP contribution is 2.27. The van der Waals surface area contributed by atoms with Crippen LogP contribution in [-0.2, 0) is 7.05 Å². The molecule has 0 aliphatic heterocycles. The molecule has 6 heteroatoms. The Morgan fingerprint density at radius 2 is 2.24 bits per heavy atom. The number of aromatic nitrogens is 5. The molecule has 0 aliphatic carbocycles. The molecular formula is C11H11N5O. The van der Waals surface area contributed by atoms with Gasteiger partial charge in [-0.15, -0.1) is 0 Å². The van der Waals surface area contributed by atoms with Crippen molar-refractivity contribution in [3.63, 3.8) is 0 Å². The Morgan fingerprint density at radius 1 is 1.35 bits per heavy atom. The van der Waals surface area contributed by atoms with Gasteiger partial charge in [0, 0.05) is 37.3 Å². The molecule has 0 bridgehead atoms. The third-order valence-corrected chi connectivity index (χ3v) is 2.55. The van der Waals surface area contributed by atoms with Gasteiger partial charge in [-0.1, -0.05) is 0 Å². The second-order valence-corrected chi connectivity index (χ2v) is 3.69. The average Bonchev–Trinajstić information content (AvgIpc) is 2.94. The summed E-state index contributed by atoms with van der Waals surface area (Å²) in [6, 6.07) is 1.86. The molecule has 0 N–H and O–H groups in total. The maximum atomic E-state index is 5.33. The molecule has 0 aromatic carbocycles. The fourth-order valence-electron chi connectivity index (χ4n) is 1.74. The Labute approximate surface area is 97.5 Å². The highest BCUT2D eigenvalue weighted by molar-refractivity contribution is 5.66. The quantitative estimate of drug-likeness (QED) is 0.661. The summed E-state index contributed by atoms with van der Waals surface area (Å²) in [5.74, 6) is 0.691. The fraction of sp³-hybridized carbons (Fsp3) is 0.182. The van der Waals surface area contributed by atoms with Gasteiger partial charge in [-0.05, 0) is 0 Å². The molecule has 0 fully saturated rings. The van der Waals surface area contributed by atoms with E-state index in [0.717, 1.165) is 16.9 Å². The van der Waals surface area contributed by atoms with Crippen molar-refractivity contribution in [2.45, 2.75) is 0 Å². The van der Waals surface area contributed by atoms with E-state index in [1.807, 2.05) is 19.3 Å². The minimum absolute atomic E-state index is 0.691. The number of hydrogen-bond donors (Lipinski definition) is 0. The van der Waals surface area contributed by atoms with E-state index in [0.29, 0.717) is 5.75 Å². The lowest BCUT2D eigenvalue weighted by Gasteiger charge is -2.05. The summed E-state index contributed by atoms with van der Waals surface area (Å²) in [5.41, 5.74) is 2.43. The largest absolute Gasteiger partial charge is 0.494 e. The Balaban J connectivity index is 2.25. The highest BCUT2D eigenvalue weighted by Gasteiger charge is 2.11. The molecular weight excluding hydrogens is 218 g/mol. The summed E-state index contributed by atoms with van der Waals surface area (Å²) in [5, 5.41) is 8.60. The molecule has 0 aliphatic rings. The number of nitrogens with zero attached hydrogens (tertiary/aromatic N) is 5. The number of aryl methyl sites for hydroxylation is 1. The zero-order valence-electron chi connectivity index (χ0n) is 9.53. The van der Waals surface area contributed by atoms with Crippen LogP contribution in [0.25, 0.3) is 16.9 Å². The summed E-state index contributed by atoms with van der Waals surface area (Å²) in [4.78, 5) is 4.17. The van der Waals surface area contributed by atoms with Crippen molar-refractivity contribution in [3.05, 3.63) is 30.9 Å². The molecule has 0 atom stereocenters. The zero-order chi connectivity index (χ0) is 11.8. The van der Waals surface area contributed by atoms with Crippen LogP contribution in [0.1, 0.15) is 0 Å². The van der Waals surface area contributed by atoms with Crippen molar-refractivity contribution in [2.24, 2.45) is 7.05 Å². The van der Waals surface area contributed by atoms with Gasteiger partial charge in [0.2, 0.25) is 0 Å². The third-order valence-electron chi connectivity index (χ3n) is 2.55. The summed E-state index contributed by atoms with van der Waals surface area (Å²) in [7, 11) is 3.49. The highest BCUT2D eigenvalue weighted by atomic mass is 16.5. The molecule has 0 amide bonds. The predicted molar refractivity (Wildman–Crippen MR) is 61.7 cm³/mol. The lowest BCUT2D eigenvalue weighted by Crippen LogP contribution is -1.97. The first-order valence-electron chi connectivity index (χ1n) is 5.15. The lowest BCUT2D eigenvalue weighted by atomic mass is 10.2. The van der Waals surface area contributed by atoms with Crippen LogP contribution in [0, 0.1) is 0 Å². The third kappa shape index (κ3) is 1.54. The van der Waals surface area contributed by atoms with E-state index in [2.05, 4.69) is 15.2 Å². The lowest BCUT2D eigenvalue weighted by molar-refractivity contribution is 0.414. The average molecular weight is 229 g/mol. The maximum Gasteiger partial charge on any atom is 0.157 e. The number of imidazole rings is 1. The molecule has 0 saturated carbocycles. The zero-order valence-corrected chi connectivity index (χ0v) is 9.53. The van der Waals surface area contributed by atoms with Gasteiger partial charge in [-0.2, -0.15) is 10.2 Å². The first-order chi connectivity index (χ1) is 8.28. The number of rotatable bonds is 2. The van der Waals surface area contributed by atoms with Gasteiger partial charge in [0.25, 0.3) is 0 Å². The fourth-order valence-corrected chi connectivity index (χ4v) is 1.74. The van der Waals surface area contributed by atoms with Gasteiger partial charge < -0.3 is 4.74 Å². The summed E-state index contributed by atoms with van der Waals surface area (Å²) < 4.78 is 8.78. The summed E-state index contributed by atoms with van der Waals surface area (Å²) >= 11 is 0. The van der Waals surface area contributed by atoms with Gasteiger partial charge in [0.1, 0.15) is 5.69 Å². The number of fused-ring (bicyclic) bond motifs is 1. The number of ether oxygens (including phenoxy) is 1. The van der Waals surface area contributed by atoms with E-state index in [-0.39, 0.29) is 0 Å². The van der Waals surface area contributed by atoms with E-state index in [4.69, 9.17) is 4.74 Å². The molecule has 3 aromatic rings. The summed E-state index contributed by atoms with van der Waals surface area (Å²) in [6.07, 6.45) is 7.16. The first kappa shape index (κ1) is 9.83. The maximum absolute atomic E-state index is 5.33. The van der Waals surface area contributed by atoms with Crippen molar-refractivity contribution in [2.75, 3.05) is 7.11 Å². The standard InChI is InChI=1S/C11H11N5O/c1-15-7-8(6-13-15)11-9(17-2)5-10-12-3-4-16(10)14-11/h3-7H,1-2H3. The Hall–Kier alpha value is -2.37. The van der Waals surface area contributed by atoms with Gasteiger partial charge >= 0.3 is 0 Å². The summed E-state index contributed by atoms with van der Waals surface area (Å²) in [6.45, 7) is 0. The van der Waals surface area contributed by atoms with Crippen molar-refractivity contribution in [3.8, 4) is 17.0 Å². The van der Waals surface area contributed by atoms with Crippen LogP contribution in [-0.4, -0.2) is 31.5 Å². The van der Waals surface area contributed by atoms with Crippen molar-refractivity contribution < 1.29 is 4.74 Å². The molecule has 0 unspecified atom stereocenters. The molecule has 17 heavy (non-hydrogen) atoms. The van der Waals surface area contributed by atoms with Gasteiger partial charge in [0.15, 0.2) is 11.4 Å². The van der Waals surface area contributed by atoms with Crippen LogP contribution < -0.4 is 4.74 Å². The normalized spacial score (nSPS) is 10.9. The molecule has 6 nitrogen and oxygen atoms in total. The molecule has 0 saturated heterocycles. The Morgan fingerprint density at radius 3 is 2.94 bits per heavy atom. The van der Waals surface area contributed by atoms with E-state index in [1.54, 1.807) is 34.9 Å². The van der Waals surface area contributed by atoms with Crippen molar-refractivity contribution in [1.82, 2.24) is 24.4 Å². The van der Waals surface area contributed by atoms with E-state index in [1.165, 1.54) is 0 Å². The van der Waals surface area contributed by atoms with Crippen molar-refractivity contribution >= 4 is 5.65 Å². The minimum atomic E-state index is 0.691. The SMILES string of the molecule is COc1cc2nccn2nc1-c1cnn(C)c1. The van der Waals surface area contributed by atoms with Gasteiger partial charge in [0.05, 0.1) is 13.3 Å².